The Hall–Kier alpha value is -1.18. The van der Waals surface area contributed by atoms with Crippen LogP contribution in [0.4, 0.5) is 0 Å². The molecular formula is C56H112N4O3. The van der Waals surface area contributed by atoms with Crippen LogP contribution in [0.2, 0.25) is 0 Å². The van der Waals surface area contributed by atoms with E-state index in [0.29, 0.717) is 13.0 Å². The van der Waals surface area contributed by atoms with Gasteiger partial charge in [-0.25, -0.2) is 0 Å². The van der Waals surface area contributed by atoms with Gasteiger partial charge in [-0.05, 0) is 83.6 Å². The SMILES string of the molecule is CCCCCCCCCN(CCCCCCCCC)CCN(CCCCCCCCC)CC(=O)N1CCC(CC(C(=O)O)N(CCCCCCCCC)CCCCCCCCC)C1. The van der Waals surface area contributed by atoms with Gasteiger partial charge in [0.25, 0.3) is 0 Å². The predicted molar refractivity (Wildman–Crippen MR) is 275 cm³/mol. The number of nitrogens with zero attached hydrogens (tertiary/aromatic N) is 4. The van der Waals surface area contributed by atoms with Crippen molar-refractivity contribution in [2.24, 2.45) is 5.92 Å². The molecule has 374 valence electrons. The summed E-state index contributed by atoms with van der Waals surface area (Å²) in [5.41, 5.74) is 0. The number of rotatable bonds is 49. The van der Waals surface area contributed by atoms with Crippen molar-refractivity contribution in [1.29, 1.82) is 0 Å². The first kappa shape index (κ1) is 59.8. The van der Waals surface area contributed by atoms with E-state index in [1.54, 1.807) is 0 Å². The van der Waals surface area contributed by atoms with Crippen LogP contribution in [0.5, 0.6) is 0 Å². The van der Waals surface area contributed by atoms with E-state index in [4.69, 9.17) is 0 Å². The third-order valence-electron chi connectivity index (χ3n) is 14.3. The van der Waals surface area contributed by atoms with Gasteiger partial charge in [0, 0.05) is 26.2 Å². The second kappa shape index (κ2) is 44.6. The van der Waals surface area contributed by atoms with Gasteiger partial charge in [-0.2, -0.15) is 0 Å². The number of amides is 1. The van der Waals surface area contributed by atoms with Crippen LogP contribution >= 0.6 is 0 Å². The highest BCUT2D eigenvalue weighted by Gasteiger charge is 2.33. The third-order valence-corrected chi connectivity index (χ3v) is 14.3. The summed E-state index contributed by atoms with van der Waals surface area (Å²) < 4.78 is 0. The first-order valence-corrected chi connectivity index (χ1v) is 28.6. The van der Waals surface area contributed by atoms with Crippen LogP contribution in [0.1, 0.15) is 272 Å². The fourth-order valence-corrected chi connectivity index (χ4v) is 10.00. The first-order chi connectivity index (χ1) is 30.9. The van der Waals surface area contributed by atoms with Crippen LogP contribution in [-0.4, -0.2) is 108 Å². The second-order valence-electron chi connectivity index (χ2n) is 20.3. The highest BCUT2D eigenvalue weighted by atomic mass is 16.4. The zero-order valence-electron chi connectivity index (χ0n) is 43.4. The van der Waals surface area contributed by atoms with Gasteiger partial charge in [-0.1, -0.05) is 227 Å². The van der Waals surface area contributed by atoms with Crippen LogP contribution in [0.3, 0.4) is 0 Å². The van der Waals surface area contributed by atoms with Gasteiger partial charge in [-0.15, -0.1) is 0 Å². The van der Waals surface area contributed by atoms with E-state index < -0.39 is 12.0 Å². The quantitative estimate of drug-likeness (QED) is 0.0614. The molecule has 1 aliphatic heterocycles. The standard InChI is InChI=1S/C56H112N4O3/c1-6-11-16-21-26-31-36-42-57(43-37-32-27-22-17-12-7-2)48-49-58(44-38-33-28-23-18-13-8-3)52-55(61)60-47-41-53(51-60)50-54(56(62)63)59(45-39-34-29-24-19-14-9-4)46-40-35-30-25-20-15-10-5/h53-54H,6-52H2,1-5H3,(H,62,63). The Morgan fingerprint density at radius 1 is 0.444 bits per heavy atom. The minimum Gasteiger partial charge on any atom is -0.480 e. The lowest BCUT2D eigenvalue weighted by Crippen LogP contribution is -2.45. The number of likely N-dealkylation sites (tertiary alicyclic amines) is 1. The monoisotopic (exact) mass is 889 g/mol. The van der Waals surface area contributed by atoms with E-state index in [1.165, 1.54) is 225 Å². The average molecular weight is 890 g/mol. The Bertz CT molecular complexity index is 960. The van der Waals surface area contributed by atoms with Crippen molar-refractivity contribution in [2.75, 3.05) is 65.4 Å². The van der Waals surface area contributed by atoms with E-state index in [0.717, 1.165) is 65.1 Å². The molecule has 0 aromatic heterocycles. The molecule has 1 N–H and O–H groups in total. The molecule has 0 aromatic rings. The number of carboxylic acid groups (broad SMARTS) is 1. The van der Waals surface area contributed by atoms with Gasteiger partial charge in [0.1, 0.15) is 6.04 Å². The first-order valence-electron chi connectivity index (χ1n) is 28.6. The number of carbonyl (C=O) groups is 2. The molecule has 0 aromatic carbocycles. The predicted octanol–water partition coefficient (Wildman–Crippen LogP) is 15.3. The van der Waals surface area contributed by atoms with Crippen molar-refractivity contribution < 1.29 is 14.7 Å². The number of unbranched alkanes of at least 4 members (excludes halogenated alkanes) is 30. The number of hydrogen-bond acceptors (Lipinski definition) is 5. The molecule has 2 atom stereocenters. The Morgan fingerprint density at radius 2 is 0.762 bits per heavy atom. The molecule has 2 unspecified atom stereocenters. The molecule has 63 heavy (non-hydrogen) atoms. The average Bonchev–Trinajstić information content (AvgIpc) is 3.76. The summed E-state index contributed by atoms with van der Waals surface area (Å²) in [5, 5.41) is 10.7. The minimum absolute atomic E-state index is 0.261. The number of carbonyl (C=O) groups excluding carboxylic acids is 1. The molecular weight excluding hydrogens is 777 g/mol. The summed E-state index contributed by atoms with van der Waals surface area (Å²) in [7, 11) is 0. The van der Waals surface area contributed by atoms with Crippen LogP contribution < -0.4 is 0 Å². The summed E-state index contributed by atoms with van der Waals surface area (Å²) in [6, 6.07) is -0.447. The maximum absolute atomic E-state index is 14.1. The van der Waals surface area contributed by atoms with Gasteiger partial charge < -0.3 is 14.9 Å². The number of hydrogen-bond donors (Lipinski definition) is 1. The zero-order chi connectivity index (χ0) is 45.9. The third kappa shape index (κ3) is 34.7. The topological polar surface area (TPSA) is 67.3 Å². The molecule has 1 rings (SSSR count). The van der Waals surface area contributed by atoms with Crippen LogP contribution in [0.15, 0.2) is 0 Å². The Morgan fingerprint density at radius 3 is 1.13 bits per heavy atom. The van der Waals surface area contributed by atoms with E-state index in [9.17, 15) is 14.7 Å². The molecule has 1 fully saturated rings. The van der Waals surface area contributed by atoms with E-state index in [1.807, 2.05) is 0 Å². The van der Waals surface area contributed by atoms with Crippen LogP contribution in [0.25, 0.3) is 0 Å². The number of carboxylic acids is 1. The molecule has 0 spiro atoms. The van der Waals surface area contributed by atoms with E-state index in [2.05, 4.69) is 54.2 Å². The number of aliphatic carboxylic acids is 1. The van der Waals surface area contributed by atoms with Crippen molar-refractivity contribution in [1.82, 2.24) is 19.6 Å². The van der Waals surface area contributed by atoms with Crippen molar-refractivity contribution >= 4 is 11.9 Å². The lowest BCUT2D eigenvalue weighted by atomic mass is 9.97. The lowest BCUT2D eigenvalue weighted by molar-refractivity contribution is -0.144. The van der Waals surface area contributed by atoms with Crippen molar-refractivity contribution in [2.45, 2.75) is 278 Å². The summed E-state index contributed by atoms with van der Waals surface area (Å²) in [6.07, 6.45) is 47.0. The molecule has 0 aliphatic carbocycles. The normalized spacial score (nSPS) is 14.9. The maximum Gasteiger partial charge on any atom is 0.320 e. The molecule has 1 amide bonds. The van der Waals surface area contributed by atoms with Gasteiger partial charge in [0.15, 0.2) is 0 Å². The summed E-state index contributed by atoms with van der Waals surface area (Å²) in [5.74, 6) is -0.137. The zero-order valence-corrected chi connectivity index (χ0v) is 43.4. The molecule has 7 heteroatoms. The van der Waals surface area contributed by atoms with Crippen LogP contribution in [0, 0.1) is 5.92 Å². The fourth-order valence-electron chi connectivity index (χ4n) is 10.00. The largest absolute Gasteiger partial charge is 0.480 e. The van der Waals surface area contributed by atoms with E-state index in [-0.39, 0.29) is 11.8 Å². The minimum atomic E-state index is -0.663. The maximum atomic E-state index is 14.1. The van der Waals surface area contributed by atoms with Gasteiger partial charge in [0.05, 0.1) is 6.54 Å². The van der Waals surface area contributed by atoms with Gasteiger partial charge >= 0.3 is 5.97 Å². The smallest absolute Gasteiger partial charge is 0.320 e. The molecule has 7 nitrogen and oxygen atoms in total. The molecule has 0 bridgehead atoms. The summed E-state index contributed by atoms with van der Waals surface area (Å²) >= 11 is 0. The van der Waals surface area contributed by atoms with E-state index >= 15 is 0 Å². The molecule has 1 heterocycles. The van der Waals surface area contributed by atoms with Gasteiger partial charge in [-0.3, -0.25) is 19.4 Å². The fraction of sp³-hybridized carbons (Fsp3) is 0.964. The molecule has 1 aliphatic rings. The van der Waals surface area contributed by atoms with Crippen molar-refractivity contribution in [3.8, 4) is 0 Å². The van der Waals surface area contributed by atoms with Crippen molar-refractivity contribution in [3.63, 3.8) is 0 Å². The summed E-state index contributed by atoms with van der Waals surface area (Å²) in [6.45, 7) is 20.6. The van der Waals surface area contributed by atoms with Crippen LogP contribution in [-0.2, 0) is 9.59 Å². The molecule has 1 saturated heterocycles. The Labute approximate surface area is 394 Å². The van der Waals surface area contributed by atoms with Crippen molar-refractivity contribution in [3.05, 3.63) is 0 Å². The summed E-state index contributed by atoms with van der Waals surface area (Å²) in [4.78, 5) is 36.8. The Balaban J connectivity index is 2.91. The van der Waals surface area contributed by atoms with Gasteiger partial charge in [0.2, 0.25) is 5.91 Å². The second-order valence-corrected chi connectivity index (χ2v) is 20.3. The highest BCUT2D eigenvalue weighted by molar-refractivity contribution is 5.78. The molecule has 0 radical (unpaired) electrons. The highest BCUT2D eigenvalue weighted by Crippen LogP contribution is 2.25. The lowest BCUT2D eigenvalue weighted by Gasteiger charge is -2.31. The Kier molecular flexibility index (Phi) is 42.4. The molecule has 0 saturated carbocycles.